The zero-order chi connectivity index (χ0) is 13.3. The van der Waals surface area contributed by atoms with Gasteiger partial charge in [-0.1, -0.05) is 34.8 Å². The van der Waals surface area contributed by atoms with Gasteiger partial charge < -0.3 is 5.11 Å². The average molecular weight is 302 g/mol. The van der Waals surface area contributed by atoms with Crippen LogP contribution in [0.3, 0.4) is 0 Å². The summed E-state index contributed by atoms with van der Waals surface area (Å²) in [5.41, 5.74) is 0.590. The van der Waals surface area contributed by atoms with Crippen molar-refractivity contribution in [3.63, 3.8) is 0 Å². The van der Waals surface area contributed by atoms with E-state index >= 15 is 0 Å². The number of benzene rings is 2. The van der Waals surface area contributed by atoms with Crippen LogP contribution >= 0.6 is 34.8 Å². The molecule has 0 aliphatic carbocycles. The van der Waals surface area contributed by atoms with E-state index in [2.05, 4.69) is 0 Å². The second-order valence-electron chi connectivity index (χ2n) is 3.62. The highest BCUT2D eigenvalue weighted by Crippen LogP contribution is 2.31. The van der Waals surface area contributed by atoms with Gasteiger partial charge in [0.1, 0.15) is 5.75 Å². The van der Waals surface area contributed by atoms with Gasteiger partial charge in [-0.15, -0.1) is 0 Å². The molecule has 2 rings (SSSR count). The van der Waals surface area contributed by atoms with Crippen molar-refractivity contribution in [2.45, 2.75) is 0 Å². The molecule has 0 heterocycles. The normalized spacial score (nSPS) is 10.4. The number of aromatic hydroxyl groups is 1. The van der Waals surface area contributed by atoms with E-state index in [1.54, 1.807) is 24.3 Å². The van der Waals surface area contributed by atoms with Gasteiger partial charge in [0.25, 0.3) is 0 Å². The van der Waals surface area contributed by atoms with Crippen molar-refractivity contribution in [1.29, 1.82) is 0 Å². The van der Waals surface area contributed by atoms with Gasteiger partial charge >= 0.3 is 0 Å². The summed E-state index contributed by atoms with van der Waals surface area (Å²) >= 11 is 17.6. The Labute approximate surface area is 119 Å². The Kier molecular flexibility index (Phi) is 3.81. The lowest BCUT2D eigenvalue weighted by atomic mass is 10.0. The van der Waals surface area contributed by atoms with Crippen LogP contribution in [-0.2, 0) is 0 Å². The lowest BCUT2D eigenvalue weighted by Gasteiger charge is -2.07. The van der Waals surface area contributed by atoms with E-state index in [1.165, 1.54) is 12.1 Å². The summed E-state index contributed by atoms with van der Waals surface area (Å²) in [7, 11) is 0. The van der Waals surface area contributed by atoms with Crippen molar-refractivity contribution in [2.24, 2.45) is 0 Å². The van der Waals surface area contributed by atoms with Crippen molar-refractivity contribution < 1.29 is 9.90 Å². The van der Waals surface area contributed by atoms with Gasteiger partial charge in [0.2, 0.25) is 0 Å². The molecule has 2 nitrogen and oxygen atoms in total. The van der Waals surface area contributed by atoms with E-state index in [-0.39, 0.29) is 27.1 Å². The highest BCUT2D eigenvalue weighted by atomic mass is 35.5. The van der Waals surface area contributed by atoms with Gasteiger partial charge in [0.05, 0.1) is 15.6 Å². The van der Waals surface area contributed by atoms with Crippen molar-refractivity contribution >= 4 is 40.6 Å². The number of rotatable bonds is 2. The van der Waals surface area contributed by atoms with Gasteiger partial charge in [-0.25, -0.2) is 0 Å². The molecule has 0 radical (unpaired) electrons. The zero-order valence-corrected chi connectivity index (χ0v) is 11.2. The van der Waals surface area contributed by atoms with Crippen LogP contribution in [0.2, 0.25) is 15.1 Å². The molecule has 92 valence electrons. The maximum Gasteiger partial charge on any atom is 0.196 e. The average Bonchev–Trinajstić information content (AvgIpc) is 2.28. The molecule has 0 atom stereocenters. The quantitative estimate of drug-likeness (QED) is 0.824. The first-order valence-electron chi connectivity index (χ1n) is 4.97. The monoisotopic (exact) mass is 300 g/mol. The molecule has 2 aromatic rings. The summed E-state index contributed by atoms with van der Waals surface area (Å²) in [5.74, 6) is -0.403. The highest BCUT2D eigenvalue weighted by Gasteiger charge is 2.17. The van der Waals surface area contributed by atoms with Crippen LogP contribution in [0.25, 0.3) is 0 Å². The molecule has 5 heteroatoms. The molecule has 0 saturated carbocycles. The van der Waals surface area contributed by atoms with Crippen molar-refractivity contribution in [3.8, 4) is 5.75 Å². The third kappa shape index (κ3) is 2.61. The maximum atomic E-state index is 12.2. The Balaban J connectivity index is 2.49. The SMILES string of the molecule is O=C(c1ccc(Cl)cc1)c1c(Cl)cc(O)cc1Cl. The van der Waals surface area contributed by atoms with Gasteiger partial charge in [-0.3, -0.25) is 4.79 Å². The van der Waals surface area contributed by atoms with Crippen molar-refractivity contribution in [2.75, 3.05) is 0 Å². The standard InChI is InChI=1S/C13H7Cl3O2/c14-8-3-1-7(2-4-8)13(18)12-10(15)5-9(17)6-11(12)16/h1-6,17H. The molecular weight excluding hydrogens is 294 g/mol. The third-order valence-electron chi connectivity index (χ3n) is 2.36. The molecule has 0 unspecified atom stereocenters. The molecule has 0 aromatic heterocycles. The fraction of sp³-hybridized carbons (Fsp3) is 0. The number of phenolic OH excluding ortho intramolecular Hbond substituents is 1. The highest BCUT2D eigenvalue weighted by molar-refractivity contribution is 6.41. The fourth-order valence-electron chi connectivity index (χ4n) is 1.52. The number of hydrogen-bond acceptors (Lipinski definition) is 2. The summed E-state index contributed by atoms with van der Waals surface area (Å²) in [5, 5.41) is 10.1. The van der Waals surface area contributed by atoms with E-state index in [0.717, 1.165) is 0 Å². The van der Waals surface area contributed by atoms with E-state index in [4.69, 9.17) is 34.8 Å². The first-order chi connectivity index (χ1) is 8.49. The van der Waals surface area contributed by atoms with Crippen LogP contribution in [0.1, 0.15) is 15.9 Å². The molecule has 0 saturated heterocycles. The van der Waals surface area contributed by atoms with Gasteiger partial charge in [-0.2, -0.15) is 0 Å². The third-order valence-corrected chi connectivity index (χ3v) is 3.21. The number of halogens is 3. The number of hydrogen-bond donors (Lipinski definition) is 1. The van der Waals surface area contributed by atoms with E-state index < -0.39 is 0 Å². The Hall–Kier alpha value is -1.22. The van der Waals surface area contributed by atoms with Crippen molar-refractivity contribution in [3.05, 3.63) is 62.6 Å². The Bertz CT molecular complexity index is 583. The molecule has 0 spiro atoms. The summed E-state index contributed by atoms with van der Waals surface area (Å²) in [6, 6.07) is 8.94. The molecule has 0 fully saturated rings. The fourth-order valence-corrected chi connectivity index (χ4v) is 2.30. The lowest BCUT2D eigenvalue weighted by molar-refractivity contribution is 0.103. The van der Waals surface area contributed by atoms with E-state index in [1.807, 2.05) is 0 Å². The molecule has 1 N–H and O–H groups in total. The Morgan fingerprint density at radius 2 is 1.44 bits per heavy atom. The second-order valence-corrected chi connectivity index (χ2v) is 4.87. The molecule has 0 amide bonds. The minimum Gasteiger partial charge on any atom is -0.508 e. The van der Waals surface area contributed by atoms with Gasteiger partial charge in [-0.05, 0) is 36.4 Å². The summed E-state index contributed by atoms with van der Waals surface area (Å²) < 4.78 is 0. The molecule has 2 aromatic carbocycles. The topological polar surface area (TPSA) is 37.3 Å². The summed E-state index contributed by atoms with van der Waals surface area (Å²) in [6.07, 6.45) is 0. The van der Waals surface area contributed by atoms with Crippen molar-refractivity contribution in [1.82, 2.24) is 0 Å². The summed E-state index contributed by atoms with van der Waals surface area (Å²) in [4.78, 5) is 12.2. The van der Waals surface area contributed by atoms with Crippen LogP contribution < -0.4 is 0 Å². The minimum atomic E-state index is -0.318. The number of phenols is 1. The smallest absolute Gasteiger partial charge is 0.196 e. The second kappa shape index (κ2) is 5.19. The van der Waals surface area contributed by atoms with Crippen LogP contribution in [0.15, 0.2) is 36.4 Å². The lowest BCUT2D eigenvalue weighted by Crippen LogP contribution is -2.03. The first-order valence-corrected chi connectivity index (χ1v) is 6.10. The van der Waals surface area contributed by atoms with Crippen LogP contribution in [-0.4, -0.2) is 10.9 Å². The van der Waals surface area contributed by atoms with Crippen LogP contribution in [0, 0.1) is 0 Å². The minimum absolute atomic E-state index is 0.0855. The molecule has 0 aliphatic heterocycles. The van der Waals surface area contributed by atoms with Crippen LogP contribution in [0.4, 0.5) is 0 Å². The maximum absolute atomic E-state index is 12.2. The van der Waals surface area contributed by atoms with Gasteiger partial charge in [0, 0.05) is 10.6 Å². The van der Waals surface area contributed by atoms with Crippen LogP contribution in [0.5, 0.6) is 5.75 Å². The molecule has 18 heavy (non-hydrogen) atoms. The predicted octanol–water partition coefficient (Wildman–Crippen LogP) is 4.58. The molecular formula is C13H7Cl3O2. The first kappa shape index (κ1) is 13.2. The Morgan fingerprint density at radius 1 is 0.944 bits per heavy atom. The predicted molar refractivity (Wildman–Crippen MR) is 73.0 cm³/mol. The number of carbonyl (C=O) groups excluding carboxylic acids is 1. The molecule has 0 aliphatic rings. The summed E-state index contributed by atoms with van der Waals surface area (Å²) in [6.45, 7) is 0. The number of ketones is 1. The van der Waals surface area contributed by atoms with Gasteiger partial charge in [0.15, 0.2) is 5.78 Å². The van der Waals surface area contributed by atoms with E-state index in [0.29, 0.717) is 10.6 Å². The zero-order valence-electron chi connectivity index (χ0n) is 8.95. The molecule has 0 bridgehead atoms. The Morgan fingerprint density at radius 3 is 1.94 bits per heavy atom. The number of carbonyl (C=O) groups is 1. The largest absolute Gasteiger partial charge is 0.508 e. The van der Waals surface area contributed by atoms with E-state index in [9.17, 15) is 9.90 Å².